The monoisotopic (exact) mass is 527 g/mol. The topological polar surface area (TPSA) is 101 Å². The fourth-order valence-corrected chi connectivity index (χ4v) is 3.04. The number of benzene rings is 1. The average Bonchev–Trinajstić information content (AvgIpc) is 3.35. The van der Waals surface area contributed by atoms with Gasteiger partial charge in [0.2, 0.25) is 5.89 Å². The summed E-state index contributed by atoms with van der Waals surface area (Å²) in [6.45, 7) is 8.16. The Balaban J connectivity index is 0.00000320. The number of nitrogens with zero attached hydrogens (tertiary/aromatic N) is 2. The maximum Gasteiger partial charge on any atom is 0.253 e. The molecule has 3 N–H and O–H groups in total. The van der Waals surface area contributed by atoms with Crippen molar-refractivity contribution in [2.24, 2.45) is 4.99 Å². The molecule has 8 nitrogen and oxygen atoms in total. The lowest BCUT2D eigenvalue weighted by Gasteiger charge is -2.12. The highest BCUT2D eigenvalue weighted by Gasteiger charge is 2.23. The van der Waals surface area contributed by atoms with Crippen LogP contribution >= 0.6 is 24.0 Å². The van der Waals surface area contributed by atoms with Crippen molar-refractivity contribution in [3.05, 3.63) is 47.2 Å². The van der Waals surface area contributed by atoms with Crippen molar-refractivity contribution in [1.82, 2.24) is 15.6 Å². The van der Waals surface area contributed by atoms with E-state index in [4.69, 9.17) is 9.15 Å². The number of aryl methyl sites for hydroxylation is 2. The third-order valence-electron chi connectivity index (χ3n) is 4.66. The zero-order chi connectivity index (χ0) is 20.6. The third-order valence-corrected chi connectivity index (χ3v) is 4.66. The number of hydrogen-bond acceptors (Lipinski definition) is 5. The van der Waals surface area contributed by atoms with E-state index in [-0.39, 0.29) is 36.0 Å². The van der Waals surface area contributed by atoms with Gasteiger partial charge < -0.3 is 25.1 Å². The van der Waals surface area contributed by atoms with Crippen molar-refractivity contribution in [1.29, 1.82) is 0 Å². The minimum Gasteiger partial charge on any atom is -0.444 e. The van der Waals surface area contributed by atoms with Gasteiger partial charge in [0, 0.05) is 18.8 Å². The van der Waals surface area contributed by atoms with Gasteiger partial charge in [-0.3, -0.25) is 4.79 Å². The van der Waals surface area contributed by atoms with Crippen LogP contribution in [0.5, 0.6) is 0 Å². The first-order chi connectivity index (χ1) is 14.0. The molecule has 1 saturated heterocycles. The molecule has 1 fully saturated rings. The molecule has 1 aromatic carbocycles. The summed E-state index contributed by atoms with van der Waals surface area (Å²) in [6.07, 6.45) is 1.36. The van der Waals surface area contributed by atoms with Crippen LogP contribution in [0.2, 0.25) is 0 Å². The van der Waals surface area contributed by atoms with Crippen LogP contribution in [0.25, 0.3) is 0 Å². The van der Waals surface area contributed by atoms with Gasteiger partial charge in [-0.25, -0.2) is 9.98 Å². The van der Waals surface area contributed by atoms with Gasteiger partial charge in [-0.15, -0.1) is 24.0 Å². The van der Waals surface area contributed by atoms with Gasteiger partial charge in [0.05, 0.1) is 18.8 Å². The van der Waals surface area contributed by atoms with Crippen LogP contribution < -0.4 is 16.0 Å². The van der Waals surface area contributed by atoms with Gasteiger partial charge in [-0.1, -0.05) is 12.1 Å². The van der Waals surface area contributed by atoms with E-state index in [1.165, 1.54) is 0 Å². The van der Waals surface area contributed by atoms with Crippen LogP contribution in [-0.4, -0.2) is 36.1 Å². The number of carbonyl (C=O) groups excluding carboxylic acids is 1. The molecule has 1 unspecified atom stereocenters. The van der Waals surface area contributed by atoms with Crippen LogP contribution in [0, 0.1) is 13.8 Å². The van der Waals surface area contributed by atoms with Gasteiger partial charge in [-0.05, 0) is 51.3 Å². The van der Waals surface area contributed by atoms with Crippen molar-refractivity contribution in [2.75, 3.05) is 18.5 Å². The number of carbonyl (C=O) groups is 1. The minimum atomic E-state index is -0.344. The Kier molecular flexibility index (Phi) is 9.57. The van der Waals surface area contributed by atoms with E-state index in [0.29, 0.717) is 31.5 Å². The van der Waals surface area contributed by atoms with Crippen molar-refractivity contribution < 1.29 is 13.9 Å². The van der Waals surface area contributed by atoms with Gasteiger partial charge in [-0.2, -0.15) is 0 Å². The number of aromatic nitrogens is 1. The second-order valence-electron chi connectivity index (χ2n) is 6.99. The normalized spacial score (nSPS) is 16.1. The van der Waals surface area contributed by atoms with E-state index in [1.54, 1.807) is 0 Å². The van der Waals surface area contributed by atoms with E-state index >= 15 is 0 Å². The second kappa shape index (κ2) is 11.9. The van der Waals surface area contributed by atoms with Crippen LogP contribution in [0.1, 0.15) is 42.7 Å². The molecular formula is C21H30IN5O3. The number of halogens is 1. The molecule has 1 aromatic heterocycles. The summed E-state index contributed by atoms with van der Waals surface area (Å²) in [6, 6.07) is 7.70. The molecule has 0 radical (unpaired) electrons. The SMILES string of the molecule is CCNC(=NCc1cccc(NC(=O)C2CCCO2)c1)NCc1nc(C)c(C)o1.I. The molecule has 0 aliphatic carbocycles. The van der Waals surface area contributed by atoms with Crippen LogP contribution in [0.15, 0.2) is 33.7 Å². The number of oxazole rings is 1. The highest BCUT2D eigenvalue weighted by Crippen LogP contribution is 2.16. The standard InChI is InChI=1S/C21H29N5O3.HI/c1-4-22-21(24-13-19-25-14(2)15(3)29-19)23-12-16-7-5-8-17(11-16)26-20(27)18-9-6-10-28-18;/h5,7-8,11,18H,4,6,9-10,12-13H2,1-3H3,(H,26,27)(H2,22,23,24);1H. The van der Waals surface area contributed by atoms with E-state index in [9.17, 15) is 4.79 Å². The van der Waals surface area contributed by atoms with Gasteiger partial charge in [0.1, 0.15) is 11.9 Å². The molecular weight excluding hydrogens is 497 g/mol. The van der Waals surface area contributed by atoms with Crippen molar-refractivity contribution in [3.8, 4) is 0 Å². The average molecular weight is 527 g/mol. The number of rotatable bonds is 7. The van der Waals surface area contributed by atoms with Crippen molar-refractivity contribution >= 4 is 41.5 Å². The number of aliphatic imine (C=N–C) groups is 1. The fourth-order valence-electron chi connectivity index (χ4n) is 3.04. The predicted molar refractivity (Wildman–Crippen MR) is 127 cm³/mol. The van der Waals surface area contributed by atoms with E-state index in [0.717, 1.165) is 42.1 Å². The minimum absolute atomic E-state index is 0. The highest BCUT2D eigenvalue weighted by molar-refractivity contribution is 14.0. The number of anilines is 1. The van der Waals surface area contributed by atoms with Gasteiger partial charge in [0.25, 0.3) is 5.91 Å². The highest BCUT2D eigenvalue weighted by atomic mass is 127. The number of amides is 1. The number of guanidine groups is 1. The number of nitrogens with one attached hydrogen (secondary N) is 3. The van der Waals surface area contributed by atoms with E-state index < -0.39 is 0 Å². The van der Waals surface area contributed by atoms with Crippen molar-refractivity contribution in [2.45, 2.75) is 52.8 Å². The Morgan fingerprint density at radius 1 is 1.30 bits per heavy atom. The molecule has 9 heteroatoms. The molecule has 1 aliphatic rings. The van der Waals surface area contributed by atoms with Crippen LogP contribution in [0.4, 0.5) is 5.69 Å². The molecule has 2 heterocycles. The Labute approximate surface area is 194 Å². The number of ether oxygens (including phenoxy) is 1. The Bertz CT molecular complexity index is 843. The third kappa shape index (κ3) is 6.98. The smallest absolute Gasteiger partial charge is 0.253 e. The van der Waals surface area contributed by atoms with Gasteiger partial charge in [0.15, 0.2) is 5.96 Å². The Morgan fingerprint density at radius 3 is 2.80 bits per heavy atom. The fraction of sp³-hybridized carbons (Fsp3) is 0.476. The van der Waals surface area contributed by atoms with E-state index in [2.05, 4.69) is 25.9 Å². The molecule has 0 bridgehead atoms. The molecule has 0 saturated carbocycles. The largest absolute Gasteiger partial charge is 0.444 e. The zero-order valence-electron chi connectivity index (χ0n) is 17.7. The molecule has 1 aliphatic heterocycles. The van der Waals surface area contributed by atoms with Crippen LogP contribution in [0.3, 0.4) is 0 Å². The molecule has 3 rings (SSSR count). The predicted octanol–water partition coefficient (Wildman–Crippen LogP) is 3.28. The maximum absolute atomic E-state index is 12.2. The summed E-state index contributed by atoms with van der Waals surface area (Å²) in [5.41, 5.74) is 2.64. The lowest BCUT2D eigenvalue weighted by molar-refractivity contribution is -0.124. The molecule has 164 valence electrons. The molecule has 1 amide bonds. The Hall–Kier alpha value is -2.14. The first-order valence-corrected chi connectivity index (χ1v) is 10.0. The number of hydrogen-bond donors (Lipinski definition) is 3. The summed E-state index contributed by atoms with van der Waals surface area (Å²) in [5.74, 6) is 2.04. The molecule has 30 heavy (non-hydrogen) atoms. The van der Waals surface area contributed by atoms with Crippen molar-refractivity contribution in [3.63, 3.8) is 0 Å². The Morgan fingerprint density at radius 2 is 2.13 bits per heavy atom. The summed E-state index contributed by atoms with van der Waals surface area (Å²) in [4.78, 5) is 21.2. The quantitative estimate of drug-likeness (QED) is 0.291. The molecule has 1 atom stereocenters. The van der Waals surface area contributed by atoms with E-state index in [1.807, 2.05) is 45.0 Å². The summed E-state index contributed by atoms with van der Waals surface area (Å²) in [5, 5.41) is 9.37. The van der Waals surface area contributed by atoms with Crippen LogP contribution in [-0.2, 0) is 22.6 Å². The maximum atomic E-state index is 12.2. The lowest BCUT2D eigenvalue weighted by atomic mass is 10.2. The first-order valence-electron chi connectivity index (χ1n) is 10.0. The zero-order valence-corrected chi connectivity index (χ0v) is 20.0. The molecule has 2 aromatic rings. The summed E-state index contributed by atoms with van der Waals surface area (Å²) < 4.78 is 11.0. The second-order valence-corrected chi connectivity index (χ2v) is 6.99. The molecule has 0 spiro atoms. The first kappa shape index (κ1) is 24.1. The summed E-state index contributed by atoms with van der Waals surface area (Å²) in [7, 11) is 0. The summed E-state index contributed by atoms with van der Waals surface area (Å²) >= 11 is 0. The van der Waals surface area contributed by atoms with Gasteiger partial charge >= 0.3 is 0 Å². The lowest BCUT2D eigenvalue weighted by Crippen LogP contribution is -2.36.